The van der Waals surface area contributed by atoms with Crippen molar-refractivity contribution >= 4 is 23.2 Å². The summed E-state index contributed by atoms with van der Waals surface area (Å²) in [4.78, 5) is 2.45. The van der Waals surface area contributed by atoms with Gasteiger partial charge in [0.05, 0.1) is 10.0 Å². The average Bonchev–Trinajstić information content (AvgIpc) is 2.76. The first-order chi connectivity index (χ1) is 14.6. The molecule has 0 fully saturated rings. The van der Waals surface area contributed by atoms with Crippen molar-refractivity contribution in [2.75, 3.05) is 13.1 Å². The van der Waals surface area contributed by atoms with E-state index in [1.165, 1.54) is 49.7 Å². The van der Waals surface area contributed by atoms with Crippen LogP contribution in [-0.4, -0.2) is 18.0 Å². The molecule has 0 unspecified atom stereocenters. The number of halogens is 2. The van der Waals surface area contributed by atoms with Gasteiger partial charge in [-0.25, -0.2) is 0 Å². The third-order valence-electron chi connectivity index (χ3n) is 5.40. The second-order valence-electron chi connectivity index (χ2n) is 7.88. The largest absolute Gasteiger partial charge is 0.299 e. The summed E-state index contributed by atoms with van der Waals surface area (Å²) in [7, 11) is 0. The van der Waals surface area contributed by atoms with Gasteiger partial charge in [0.2, 0.25) is 0 Å². The van der Waals surface area contributed by atoms with Crippen LogP contribution in [0.3, 0.4) is 0 Å². The lowest BCUT2D eigenvalue weighted by molar-refractivity contribution is 0.283. The summed E-state index contributed by atoms with van der Waals surface area (Å²) in [6.07, 6.45) is 9.89. The first-order valence-corrected chi connectivity index (χ1v) is 12.1. The molecule has 0 aromatic heterocycles. The summed E-state index contributed by atoms with van der Waals surface area (Å²) >= 11 is 12.1. The predicted octanol–water partition coefficient (Wildman–Crippen LogP) is 8.16. The maximum Gasteiger partial charge on any atom is 0.0595 e. The van der Waals surface area contributed by atoms with E-state index < -0.39 is 0 Å². The van der Waals surface area contributed by atoms with Crippen LogP contribution < -0.4 is 0 Å². The van der Waals surface area contributed by atoms with E-state index in [1.54, 1.807) is 0 Å². The van der Waals surface area contributed by atoms with Crippen molar-refractivity contribution in [3.8, 4) is 11.8 Å². The molecule has 0 spiro atoms. The van der Waals surface area contributed by atoms with Gasteiger partial charge in [-0.15, -0.1) is 0 Å². The second-order valence-corrected chi connectivity index (χ2v) is 8.70. The predicted molar refractivity (Wildman–Crippen MR) is 132 cm³/mol. The molecule has 2 rings (SSSR count). The van der Waals surface area contributed by atoms with Crippen LogP contribution in [0.1, 0.15) is 75.5 Å². The number of unbranched alkanes of at least 4 members (excludes halogenated alkanes) is 6. The highest BCUT2D eigenvalue weighted by Gasteiger charge is 2.06. The van der Waals surface area contributed by atoms with Crippen molar-refractivity contribution in [2.45, 2.75) is 71.8 Å². The monoisotopic (exact) mass is 443 g/mol. The molecule has 0 radical (unpaired) electrons. The summed E-state index contributed by atoms with van der Waals surface area (Å²) in [5.41, 5.74) is 3.66. The van der Waals surface area contributed by atoms with Crippen molar-refractivity contribution in [2.24, 2.45) is 0 Å². The van der Waals surface area contributed by atoms with E-state index in [0.717, 1.165) is 38.0 Å². The smallest absolute Gasteiger partial charge is 0.0595 e. The van der Waals surface area contributed by atoms with Crippen LogP contribution in [-0.2, 0) is 13.0 Å². The highest BCUT2D eigenvalue weighted by atomic mass is 35.5. The van der Waals surface area contributed by atoms with Crippen molar-refractivity contribution in [3.05, 3.63) is 69.2 Å². The van der Waals surface area contributed by atoms with E-state index in [1.807, 2.05) is 12.1 Å². The molecule has 0 aliphatic rings. The van der Waals surface area contributed by atoms with E-state index >= 15 is 0 Å². The molecule has 1 nitrogen and oxygen atoms in total. The molecular formula is C27H35Cl2N. The SMILES string of the molecule is CCCCCCCCC#Cc1ccc(CN(CC)CCc2ccc(Cl)c(Cl)c2)cc1. The summed E-state index contributed by atoms with van der Waals surface area (Å²) < 4.78 is 0. The van der Waals surface area contributed by atoms with Gasteiger partial charge in [-0.2, -0.15) is 0 Å². The van der Waals surface area contributed by atoms with Gasteiger partial charge >= 0.3 is 0 Å². The topological polar surface area (TPSA) is 3.24 Å². The first-order valence-electron chi connectivity index (χ1n) is 11.4. The van der Waals surface area contributed by atoms with Crippen molar-refractivity contribution < 1.29 is 0 Å². The van der Waals surface area contributed by atoms with Crippen LogP contribution in [0.2, 0.25) is 10.0 Å². The molecular weight excluding hydrogens is 409 g/mol. The highest BCUT2D eigenvalue weighted by Crippen LogP contribution is 2.23. The zero-order valence-electron chi connectivity index (χ0n) is 18.5. The fraction of sp³-hybridized carbons (Fsp3) is 0.481. The quantitative estimate of drug-likeness (QED) is 0.236. The van der Waals surface area contributed by atoms with E-state index in [2.05, 4.69) is 60.9 Å². The number of likely N-dealkylation sites (N-methyl/N-ethyl adjacent to an activating group) is 1. The molecule has 162 valence electrons. The summed E-state index contributed by atoms with van der Waals surface area (Å²) in [5.74, 6) is 6.64. The molecule has 0 bridgehead atoms. The van der Waals surface area contributed by atoms with Crippen LogP contribution in [0, 0.1) is 11.8 Å². The van der Waals surface area contributed by atoms with Crippen molar-refractivity contribution in [1.29, 1.82) is 0 Å². The van der Waals surface area contributed by atoms with E-state index in [-0.39, 0.29) is 0 Å². The molecule has 0 aliphatic heterocycles. The molecule has 0 saturated carbocycles. The molecule has 3 heteroatoms. The van der Waals surface area contributed by atoms with Crippen LogP contribution in [0.25, 0.3) is 0 Å². The highest BCUT2D eigenvalue weighted by molar-refractivity contribution is 6.42. The number of hydrogen-bond donors (Lipinski definition) is 0. The minimum absolute atomic E-state index is 0.614. The maximum absolute atomic E-state index is 6.13. The Morgan fingerprint density at radius 2 is 1.50 bits per heavy atom. The van der Waals surface area contributed by atoms with Gasteiger partial charge in [-0.1, -0.05) is 99.2 Å². The maximum atomic E-state index is 6.13. The third-order valence-corrected chi connectivity index (χ3v) is 6.14. The van der Waals surface area contributed by atoms with Crippen LogP contribution >= 0.6 is 23.2 Å². The Bertz CT molecular complexity index is 802. The zero-order chi connectivity index (χ0) is 21.6. The van der Waals surface area contributed by atoms with E-state index in [4.69, 9.17) is 23.2 Å². The number of hydrogen-bond acceptors (Lipinski definition) is 1. The lowest BCUT2D eigenvalue weighted by atomic mass is 10.1. The van der Waals surface area contributed by atoms with Gasteiger partial charge in [0.1, 0.15) is 0 Å². The summed E-state index contributed by atoms with van der Waals surface area (Å²) in [6, 6.07) is 14.6. The van der Waals surface area contributed by atoms with Crippen LogP contribution in [0.15, 0.2) is 42.5 Å². The van der Waals surface area contributed by atoms with Crippen molar-refractivity contribution in [1.82, 2.24) is 4.90 Å². The van der Waals surface area contributed by atoms with E-state index in [0.29, 0.717) is 10.0 Å². The zero-order valence-corrected chi connectivity index (χ0v) is 20.0. The Morgan fingerprint density at radius 3 is 2.20 bits per heavy atom. The Kier molecular flexibility index (Phi) is 12.0. The fourth-order valence-corrected chi connectivity index (χ4v) is 3.76. The van der Waals surface area contributed by atoms with Crippen LogP contribution in [0.5, 0.6) is 0 Å². The molecule has 0 aliphatic carbocycles. The normalized spacial score (nSPS) is 10.8. The molecule has 30 heavy (non-hydrogen) atoms. The van der Waals surface area contributed by atoms with Crippen LogP contribution in [0.4, 0.5) is 0 Å². The van der Waals surface area contributed by atoms with Gasteiger partial charge in [0.15, 0.2) is 0 Å². The average molecular weight is 444 g/mol. The molecule has 0 amide bonds. The molecule has 0 atom stereocenters. The van der Waals surface area contributed by atoms with Gasteiger partial charge in [0, 0.05) is 25.1 Å². The Morgan fingerprint density at radius 1 is 0.800 bits per heavy atom. The number of rotatable bonds is 12. The minimum Gasteiger partial charge on any atom is -0.299 e. The second kappa shape index (κ2) is 14.5. The lowest BCUT2D eigenvalue weighted by Crippen LogP contribution is -2.25. The van der Waals surface area contributed by atoms with Crippen molar-refractivity contribution in [3.63, 3.8) is 0 Å². The molecule has 0 heterocycles. The standard InChI is InChI=1S/C27H35Cl2N/c1-3-5-6-7-8-9-10-11-12-23-13-15-25(16-14-23)22-30(4-2)20-19-24-17-18-26(28)27(29)21-24/h13-18,21H,3-10,19-20,22H2,1-2H3. The Hall–Kier alpha value is -1.46. The molecule has 2 aromatic carbocycles. The third kappa shape index (κ3) is 9.57. The Balaban J connectivity index is 1.75. The molecule has 0 N–H and O–H groups in total. The molecule has 0 saturated heterocycles. The number of benzene rings is 2. The Labute approximate surface area is 193 Å². The molecule has 2 aromatic rings. The van der Waals surface area contributed by atoms with Gasteiger partial charge < -0.3 is 0 Å². The van der Waals surface area contributed by atoms with Gasteiger partial charge in [-0.05, 0) is 54.8 Å². The lowest BCUT2D eigenvalue weighted by Gasteiger charge is -2.20. The first kappa shape index (κ1) is 24.8. The number of nitrogens with zero attached hydrogens (tertiary/aromatic N) is 1. The fourth-order valence-electron chi connectivity index (χ4n) is 3.44. The minimum atomic E-state index is 0.614. The summed E-state index contributed by atoms with van der Waals surface area (Å²) in [5, 5.41) is 1.24. The van der Waals surface area contributed by atoms with E-state index in [9.17, 15) is 0 Å². The van der Waals surface area contributed by atoms with Gasteiger partial charge in [0.25, 0.3) is 0 Å². The summed E-state index contributed by atoms with van der Waals surface area (Å²) in [6.45, 7) is 7.42. The van der Waals surface area contributed by atoms with Gasteiger partial charge in [-0.3, -0.25) is 4.90 Å².